The number of morpholine rings is 1. The number of hydrogen-bond acceptors (Lipinski definition) is 6. The van der Waals surface area contributed by atoms with Crippen LogP contribution >= 0.6 is 20.1 Å². The van der Waals surface area contributed by atoms with Crippen molar-refractivity contribution in [3.05, 3.63) is 0 Å². The quantitative estimate of drug-likeness (QED) is 0.333. The predicted molar refractivity (Wildman–Crippen MR) is 109 cm³/mol. The molecule has 26 heavy (non-hydrogen) atoms. The zero-order valence-corrected chi connectivity index (χ0v) is 18.1. The molecule has 3 atom stereocenters. The molecular weight excluding hydrogens is 374 g/mol. The number of amides is 1. The molecule has 0 aromatic heterocycles. The zero-order chi connectivity index (χ0) is 19.3. The highest BCUT2D eigenvalue weighted by atomic mass is 32.1. The summed E-state index contributed by atoms with van der Waals surface area (Å²) in [6, 6.07) is 0.181. The minimum absolute atomic E-state index is 0.00391. The van der Waals surface area contributed by atoms with Crippen LogP contribution in [0.1, 0.15) is 0 Å². The van der Waals surface area contributed by atoms with Crippen molar-refractivity contribution < 1.29 is 18.8 Å². The summed E-state index contributed by atoms with van der Waals surface area (Å²) in [7, 11) is 4.96. The second-order valence-corrected chi connectivity index (χ2v) is 10.6. The van der Waals surface area contributed by atoms with Crippen molar-refractivity contribution in [1.29, 1.82) is 0 Å². The minimum atomic E-state index is -2.81. The number of rotatable bonds is 7. The molecule has 2 aliphatic rings. The Bertz CT molecular complexity index is 512. The topological polar surface area (TPSA) is 65.6 Å². The van der Waals surface area contributed by atoms with Crippen molar-refractivity contribution in [2.45, 2.75) is 12.1 Å². The van der Waals surface area contributed by atoms with Gasteiger partial charge in [-0.05, 0) is 21.1 Å². The molecule has 0 spiro atoms. The van der Waals surface area contributed by atoms with Gasteiger partial charge in [-0.3, -0.25) is 9.36 Å². The van der Waals surface area contributed by atoms with E-state index >= 15 is 0 Å². The number of nitrogens with zero attached hydrogens (tertiary/aromatic N) is 4. The second-order valence-electron chi connectivity index (χ2n) is 7.29. The van der Waals surface area contributed by atoms with Crippen molar-refractivity contribution in [3.8, 4) is 0 Å². The maximum absolute atomic E-state index is 13.5. The molecule has 150 valence electrons. The average Bonchev–Trinajstić information content (AvgIpc) is 2.60. The molecule has 1 amide bonds. The molecule has 0 aromatic carbocycles. The summed E-state index contributed by atoms with van der Waals surface area (Å²) in [5, 5.41) is 0. The highest BCUT2D eigenvalue weighted by molar-refractivity contribution is 7.81. The predicted octanol–water partition coefficient (Wildman–Crippen LogP) is -0.921. The molecule has 2 saturated heterocycles. The van der Waals surface area contributed by atoms with Gasteiger partial charge in [0.2, 0.25) is 13.4 Å². The third-order valence-corrected chi connectivity index (χ3v) is 8.21. The summed E-state index contributed by atoms with van der Waals surface area (Å²) in [5.74, 6) is 0.236. The number of carbonyl (C=O) groups is 1. The van der Waals surface area contributed by atoms with Crippen molar-refractivity contribution >= 4 is 33.8 Å². The van der Waals surface area contributed by atoms with Gasteiger partial charge in [-0.25, -0.2) is 9.34 Å². The van der Waals surface area contributed by atoms with Crippen molar-refractivity contribution in [3.63, 3.8) is 0 Å². The van der Waals surface area contributed by atoms with E-state index in [1.165, 1.54) is 0 Å². The third-order valence-electron chi connectivity index (χ3n) is 4.88. The molecule has 0 aliphatic carbocycles. The summed E-state index contributed by atoms with van der Waals surface area (Å²) in [4.78, 5) is 15.8. The molecule has 11 heteroatoms. The molecule has 0 bridgehead atoms. The highest BCUT2D eigenvalue weighted by Crippen LogP contribution is 2.51. The molecule has 2 aliphatic heterocycles. The Kier molecular flexibility index (Phi) is 8.47. The highest BCUT2D eigenvalue weighted by Gasteiger charge is 2.36. The van der Waals surface area contributed by atoms with Gasteiger partial charge in [0.05, 0.1) is 18.5 Å². The lowest BCUT2D eigenvalue weighted by Crippen LogP contribution is -2.49. The van der Waals surface area contributed by atoms with E-state index < -0.39 is 7.44 Å². The molecule has 2 fully saturated rings. The van der Waals surface area contributed by atoms with Crippen LogP contribution in [0.2, 0.25) is 0 Å². The van der Waals surface area contributed by atoms with Gasteiger partial charge in [-0.2, -0.15) is 12.6 Å². The van der Waals surface area contributed by atoms with Crippen LogP contribution in [0.4, 0.5) is 0 Å². The first kappa shape index (κ1) is 22.2. The fraction of sp³-hybridized carbons (Fsp3) is 0.933. The molecule has 0 N–H and O–H groups in total. The van der Waals surface area contributed by atoms with Crippen LogP contribution in [0.15, 0.2) is 0 Å². The fourth-order valence-corrected chi connectivity index (χ4v) is 5.73. The molecule has 2 rings (SSSR count). The standard InChI is InChI=1S/C15H32BN4O4PS/c1-17(2)25(22,20-6-4-19(5-7-20)15(21)11-26)12-23-10-13-8-18(3)9-14(16)24-13/h13-14,26H,4-12,16H2,1-3H3. The van der Waals surface area contributed by atoms with Crippen molar-refractivity contribution in [2.75, 3.05) is 79.1 Å². The lowest BCUT2D eigenvalue weighted by atomic mass is 9.98. The van der Waals surface area contributed by atoms with Crippen LogP contribution in [0.5, 0.6) is 0 Å². The summed E-state index contributed by atoms with van der Waals surface area (Å²) in [5.41, 5.74) is 0. The lowest BCUT2D eigenvalue weighted by molar-refractivity contribution is -0.129. The van der Waals surface area contributed by atoms with Crippen LogP contribution < -0.4 is 0 Å². The van der Waals surface area contributed by atoms with Gasteiger partial charge in [0.1, 0.15) is 14.2 Å². The smallest absolute Gasteiger partial charge is 0.241 e. The van der Waals surface area contributed by atoms with Gasteiger partial charge in [0, 0.05) is 45.3 Å². The van der Waals surface area contributed by atoms with Crippen LogP contribution in [-0.2, 0) is 18.8 Å². The number of hydrogen-bond donors (Lipinski definition) is 1. The summed E-state index contributed by atoms with van der Waals surface area (Å²) in [6.07, 6.45) is 0.169. The number of carbonyl (C=O) groups excluding carboxylic acids is 1. The molecule has 0 radical (unpaired) electrons. The molecular formula is C15H32BN4O4PS. The zero-order valence-electron chi connectivity index (χ0n) is 16.3. The van der Waals surface area contributed by atoms with Crippen LogP contribution in [0, 0.1) is 0 Å². The lowest BCUT2D eigenvalue weighted by Gasteiger charge is -2.41. The Labute approximate surface area is 163 Å². The molecule has 0 aromatic rings. The third kappa shape index (κ3) is 5.71. The number of piperazine rings is 1. The second kappa shape index (κ2) is 9.91. The summed E-state index contributed by atoms with van der Waals surface area (Å²) in [6.45, 7) is 4.49. The molecule has 3 unspecified atom stereocenters. The summed E-state index contributed by atoms with van der Waals surface area (Å²) >= 11 is 4.04. The first-order valence-corrected chi connectivity index (χ1v) is 11.5. The van der Waals surface area contributed by atoms with Gasteiger partial charge in [0.15, 0.2) is 0 Å². The number of thiol groups is 1. The van der Waals surface area contributed by atoms with Gasteiger partial charge in [0.25, 0.3) is 0 Å². The number of likely N-dealkylation sites (N-methyl/N-ethyl adjacent to an activating group) is 1. The SMILES string of the molecule is BC1CN(C)CC(COCP(=O)(N(C)C)N2CCN(C(=O)CS)CC2)O1. The molecule has 8 nitrogen and oxygen atoms in total. The van der Waals surface area contributed by atoms with E-state index in [4.69, 9.17) is 9.47 Å². The van der Waals surface area contributed by atoms with E-state index in [1.54, 1.807) is 9.57 Å². The first-order valence-electron chi connectivity index (χ1n) is 9.09. The Balaban J connectivity index is 1.87. The van der Waals surface area contributed by atoms with Crippen molar-refractivity contribution in [2.24, 2.45) is 0 Å². The first-order chi connectivity index (χ1) is 12.3. The van der Waals surface area contributed by atoms with E-state index in [1.807, 2.05) is 18.8 Å². The van der Waals surface area contributed by atoms with Crippen LogP contribution in [-0.4, -0.2) is 124 Å². The van der Waals surface area contributed by atoms with Gasteiger partial charge < -0.3 is 19.3 Å². The van der Waals surface area contributed by atoms with E-state index in [-0.39, 0.29) is 30.1 Å². The van der Waals surface area contributed by atoms with E-state index in [0.717, 1.165) is 13.1 Å². The molecule has 0 saturated carbocycles. The van der Waals surface area contributed by atoms with E-state index in [9.17, 15) is 9.36 Å². The Morgan fingerprint density at radius 1 is 1.31 bits per heavy atom. The maximum Gasteiger partial charge on any atom is 0.241 e. The largest absolute Gasteiger partial charge is 0.379 e. The minimum Gasteiger partial charge on any atom is -0.379 e. The monoisotopic (exact) mass is 406 g/mol. The maximum atomic E-state index is 13.5. The van der Waals surface area contributed by atoms with Gasteiger partial charge >= 0.3 is 0 Å². The molecule has 2 heterocycles. The Hall–Kier alpha value is -0.0851. The normalized spacial score (nSPS) is 28.3. The van der Waals surface area contributed by atoms with E-state index in [2.05, 4.69) is 32.4 Å². The summed E-state index contributed by atoms with van der Waals surface area (Å²) < 4.78 is 29.0. The Morgan fingerprint density at radius 2 is 1.96 bits per heavy atom. The van der Waals surface area contributed by atoms with E-state index in [0.29, 0.717) is 32.8 Å². The van der Waals surface area contributed by atoms with Crippen molar-refractivity contribution in [1.82, 2.24) is 19.1 Å². The average molecular weight is 406 g/mol. The fourth-order valence-electron chi connectivity index (χ4n) is 3.48. The van der Waals surface area contributed by atoms with Gasteiger partial charge in [-0.1, -0.05) is 0 Å². The van der Waals surface area contributed by atoms with Crippen LogP contribution in [0.3, 0.4) is 0 Å². The number of ether oxygens (including phenoxy) is 2. The van der Waals surface area contributed by atoms with Crippen LogP contribution in [0.25, 0.3) is 0 Å². The Morgan fingerprint density at radius 3 is 2.50 bits per heavy atom. The van der Waals surface area contributed by atoms with Gasteiger partial charge in [-0.15, -0.1) is 0 Å².